The molecule has 0 amide bonds. The molecule has 0 saturated heterocycles. The molecule has 14 heavy (non-hydrogen) atoms. The molecule has 3 nitrogen and oxygen atoms in total. The molecular weight excluding hydrogens is 198 g/mol. The average molecular weight is 204 g/mol. The summed E-state index contributed by atoms with van der Waals surface area (Å²) in [6.45, 7) is 0. The number of nitrogens with one attached hydrogen (secondary N) is 1. The molecule has 0 radical (unpaired) electrons. The van der Waals surface area contributed by atoms with Crippen LogP contribution in [-0.2, 0) is 0 Å². The number of benzene rings is 1. The Kier molecular flexibility index (Phi) is 2.21. The molecule has 0 aliphatic heterocycles. The lowest BCUT2D eigenvalue weighted by Crippen LogP contribution is -1.78. The van der Waals surface area contributed by atoms with E-state index >= 15 is 0 Å². The highest BCUT2D eigenvalue weighted by Crippen LogP contribution is 2.19. The second-order valence-electron chi connectivity index (χ2n) is 2.75. The standard InChI is InChI=1S/C10H6ClN3/c11-8-3-1-7(2-4-8)9-6-13-10(5-12)14-9/h1-4,6H,(H,13,14). The molecule has 1 heterocycles. The first kappa shape index (κ1) is 8.79. The smallest absolute Gasteiger partial charge is 0.210 e. The number of nitrogens with zero attached hydrogens (tertiary/aromatic N) is 2. The highest BCUT2D eigenvalue weighted by molar-refractivity contribution is 6.30. The Morgan fingerprint density at radius 3 is 2.57 bits per heavy atom. The van der Waals surface area contributed by atoms with Gasteiger partial charge in [-0.25, -0.2) is 4.98 Å². The number of rotatable bonds is 1. The molecule has 0 saturated carbocycles. The van der Waals surface area contributed by atoms with E-state index in [9.17, 15) is 0 Å². The molecule has 1 N–H and O–H groups in total. The second kappa shape index (κ2) is 3.52. The van der Waals surface area contributed by atoms with Crippen LogP contribution < -0.4 is 0 Å². The molecule has 0 unspecified atom stereocenters. The maximum absolute atomic E-state index is 8.58. The highest BCUT2D eigenvalue weighted by Gasteiger charge is 2.02. The summed E-state index contributed by atoms with van der Waals surface area (Å²) in [6.07, 6.45) is 1.70. The van der Waals surface area contributed by atoms with Crippen molar-refractivity contribution in [1.82, 2.24) is 9.97 Å². The molecule has 0 fully saturated rings. The van der Waals surface area contributed by atoms with Crippen LogP contribution in [0.4, 0.5) is 0 Å². The number of H-pyrrole nitrogens is 1. The first-order valence-electron chi connectivity index (χ1n) is 4.01. The van der Waals surface area contributed by atoms with Gasteiger partial charge in [0.25, 0.3) is 0 Å². The number of hydrogen-bond acceptors (Lipinski definition) is 2. The van der Waals surface area contributed by atoms with Crippen LogP contribution in [0.15, 0.2) is 30.5 Å². The lowest BCUT2D eigenvalue weighted by molar-refractivity contribution is 1.23. The van der Waals surface area contributed by atoms with Crippen molar-refractivity contribution in [2.75, 3.05) is 0 Å². The van der Waals surface area contributed by atoms with Crippen molar-refractivity contribution < 1.29 is 0 Å². The van der Waals surface area contributed by atoms with Crippen LogP contribution in [0.3, 0.4) is 0 Å². The molecular formula is C10H6ClN3. The van der Waals surface area contributed by atoms with Crippen molar-refractivity contribution in [3.05, 3.63) is 41.3 Å². The van der Waals surface area contributed by atoms with Gasteiger partial charge in [-0.2, -0.15) is 5.26 Å². The fourth-order valence-corrected chi connectivity index (χ4v) is 1.27. The van der Waals surface area contributed by atoms with E-state index in [1.165, 1.54) is 0 Å². The van der Waals surface area contributed by atoms with E-state index in [1.54, 1.807) is 18.3 Å². The van der Waals surface area contributed by atoms with Gasteiger partial charge in [0.2, 0.25) is 5.82 Å². The molecule has 68 valence electrons. The predicted octanol–water partition coefficient (Wildman–Crippen LogP) is 2.60. The van der Waals surface area contributed by atoms with E-state index < -0.39 is 0 Å². The number of aromatic amines is 1. The van der Waals surface area contributed by atoms with Crippen LogP contribution in [0.5, 0.6) is 0 Å². The van der Waals surface area contributed by atoms with Crippen LogP contribution in [-0.4, -0.2) is 9.97 Å². The summed E-state index contributed by atoms with van der Waals surface area (Å²) in [5.74, 6) is 0.315. The fraction of sp³-hybridized carbons (Fsp3) is 0. The van der Waals surface area contributed by atoms with Crippen LogP contribution in [0, 0.1) is 11.3 Å². The number of hydrogen-bond donors (Lipinski definition) is 1. The first-order valence-corrected chi connectivity index (χ1v) is 4.39. The van der Waals surface area contributed by atoms with E-state index in [4.69, 9.17) is 16.9 Å². The maximum Gasteiger partial charge on any atom is 0.210 e. The van der Waals surface area contributed by atoms with Gasteiger partial charge in [-0.05, 0) is 12.1 Å². The van der Waals surface area contributed by atoms with Gasteiger partial charge in [0.05, 0.1) is 5.69 Å². The van der Waals surface area contributed by atoms with Crippen LogP contribution in [0.1, 0.15) is 5.82 Å². The predicted molar refractivity (Wildman–Crippen MR) is 53.7 cm³/mol. The fourth-order valence-electron chi connectivity index (χ4n) is 1.15. The molecule has 1 aromatic carbocycles. The molecule has 2 rings (SSSR count). The van der Waals surface area contributed by atoms with Gasteiger partial charge in [0, 0.05) is 16.8 Å². The Morgan fingerprint density at radius 1 is 1.29 bits per heavy atom. The van der Waals surface area contributed by atoms with Crippen molar-refractivity contribution in [3.63, 3.8) is 0 Å². The van der Waals surface area contributed by atoms with Crippen molar-refractivity contribution in [2.24, 2.45) is 0 Å². The zero-order valence-corrected chi connectivity index (χ0v) is 7.92. The Hall–Kier alpha value is -1.79. The molecule has 0 bridgehead atoms. The van der Waals surface area contributed by atoms with Gasteiger partial charge in [0.1, 0.15) is 6.07 Å². The summed E-state index contributed by atoms with van der Waals surface area (Å²) >= 11 is 5.75. The zero-order valence-electron chi connectivity index (χ0n) is 7.16. The minimum Gasteiger partial charge on any atom is -0.336 e. The summed E-state index contributed by atoms with van der Waals surface area (Å²) < 4.78 is 0. The van der Waals surface area contributed by atoms with Crippen molar-refractivity contribution in [2.45, 2.75) is 0 Å². The average Bonchev–Trinajstić information content (AvgIpc) is 2.67. The van der Waals surface area contributed by atoms with Crippen LogP contribution in [0.25, 0.3) is 11.3 Å². The monoisotopic (exact) mass is 203 g/mol. The van der Waals surface area contributed by atoms with Crippen molar-refractivity contribution in [3.8, 4) is 17.3 Å². The molecule has 2 aromatic rings. The minimum absolute atomic E-state index is 0.315. The summed E-state index contributed by atoms with van der Waals surface area (Å²) in [6, 6.07) is 9.24. The lowest BCUT2D eigenvalue weighted by Gasteiger charge is -1.94. The minimum atomic E-state index is 0.315. The Morgan fingerprint density at radius 2 is 2.00 bits per heavy atom. The van der Waals surface area contributed by atoms with Crippen LogP contribution in [0.2, 0.25) is 5.02 Å². The normalized spacial score (nSPS) is 9.71. The number of aromatic nitrogens is 2. The van der Waals surface area contributed by atoms with Gasteiger partial charge < -0.3 is 4.98 Å². The number of halogens is 1. The molecule has 0 atom stereocenters. The Bertz CT molecular complexity index is 479. The third-order valence-electron chi connectivity index (χ3n) is 1.82. The largest absolute Gasteiger partial charge is 0.336 e. The van der Waals surface area contributed by atoms with Gasteiger partial charge >= 0.3 is 0 Å². The number of nitriles is 1. The van der Waals surface area contributed by atoms with Crippen LogP contribution >= 0.6 is 11.6 Å². The molecule has 0 spiro atoms. The van der Waals surface area contributed by atoms with Gasteiger partial charge in [-0.3, -0.25) is 0 Å². The zero-order chi connectivity index (χ0) is 9.97. The van der Waals surface area contributed by atoms with E-state index in [0.29, 0.717) is 10.8 Å². The summed E-state index contributed by atoms with van der Waals surface area (Å²) in [4.78, 5) is 6.83. The Labute approximate surface area is 86.0 Å². The second-order valence-corrected chi connectivity index (χ2v) is 3.19. The lowest BCUT2D eigenvalue weighted by atomic mass is 10.2. The maximum atomic E-state index is 8.58. The summed E-state index contributed by atoms with van der Waals surface area (Å²) in [5.41, 5.74) is 1.69. The third-order valence-corrected chi connectivity index (χ3v) is 2.08. The topological polar surface area (TPSA) is 52.5 Å². The molecule has 4 heteroatoms. The van der Waals surface area contributed by atoms with Crippen molar-refractivity contribution in [1.29, 1.82) is 5.26 Å². The third kappa shape index (κ3) is 1.61. The van der Waals surface area contributed by atoms with E-state index in [1.807, 2.05) is 18.2 Å². The molecule has 0 aliphatic rings. The van der Waals surface area contributed by atoms with E-state index in [0.717, 1.165) is 11.3 Å². The Balaban J connectivity index is 2.40. The van der Waals surface area contributed by atoms with E-state index in [-0.39, 0.29) is 0 Å². The highest BCUT2D eigenvalue weighted by atomic mass is 35.5. The summed E-state index contributed by atoms with van der Waals surface area (Å²) in [7, 11) is 0. The summed E-state index contributed by atoms with van der Waals surface area (Å²) in [5, 5.41) is 9.26. The molecule has 1 aromatic heterocycles. The van der Waals surface area contributed by atoms with Gasteiger partial charge in [0.15, 0.2) is 0 Å². The molecule has 0 aliphatic carbocycles. The van der Waals surface area contributed by atoms with Gasteiger partial charge in [-0.15, -0.1) is 0 Å². The SMILES string of the molecule is N#Cc1nc(-c2ccc(Cl)cc2)c[nH]1. The first-order chi connectivity index (χ1) is 6.79. The quantitative estimate of drug-likeness (QED) is 0.775. The van der Waals surface area contributed by atoms with E-state index in [2.05, 4.69) is 9.97 Å². The number of imidazole rings is 1. The van der Waals surface area contributed by atoms with Gasteiger partial charge in [-0.1, -0.05) is 23.7 Å². The van der Waals surface area contributed by atoms with Crippen molar-refractivity contribution >= 4 is 11.6 Å².